The normalized spacial score (nSPS) is 10.8. The molecule has 0 aliphatic heterocycles. The van der Waals surface area contributed by atoms with Crippen molar-refractivity contribution in [3.05, 3.63) is 55.9 Å². The fourth-order valence-electron chi connectivity index (χ4n) is 1.68. The third kappa shape index (κ3) is 3.31. The van der Waals surface area contributed by atoms with Crippen molar-refractivity contribution in [3.8, 4) is 5.75 Å². The molecule has 1 heterocycles. The van der Waals surface area contributed by atoms with Gasteiger partial charge < -0.3 is 9.52 Å². The second-order valence-electron chi connectivity index (χ2n) is 4.21. The van der Waals surface area contributed by atoms with Crippen molar-refractivity contribution in [2.75, 3.05) is 0 Å². The Morgan fingerprint density at radius 1 is 1.55 bits per heavy atom. The minimum Gasteiger partial charge on any atom is -0.502 e. The summed E-state index contributed by atoms with van der Waals surface area (Å²) < 4.78 is 5.39. The summed E-state index contributed by atoms with van der Waals surface area (Å²) in [6.07, 6.45) is 2.48. The highest BCUT2D eigenvalue weighted by Gasteiger charge is 2.17. The zero-order chi connectivity index (χ0) is 16.3. The molecule has 8 nitrogen and oxygen atoms in total. The maximum Gasteiger partial charge on any atom is 0.312 e. The summed E-state index contributed by atoms with van der Waals surface area (Å²) in [6.45, 7) is 1.63. The Balaban J connectivity index is 2.19. The summed E-state index contributed by atoms with van der Waals surface area (Å²) in [4.78, 5) is 21.9. The molecule has 1 aromatic heterocycles. The molecule has 114 valence electrons. The van der Waals surface area contributed by atoms with Gasteiger partial charge in [0.25, 0.3) is 5.91 Å². The van der Waals surface area contributed by atoms with Crippen molar-refractivity contribution < 1.29 is 19.2 Å². The van der Waals surface area contributed by atoms with Gasteiger partial charge in [0.2, 0.25) is 5.75 Å². The number of halogens is 1. The number of nitrogens with one attached hydrogen (secondary N) is 1. The van der Waals surface area contributed by atoms with Crippen LogP contribution in [0.25, 0.3) is 0 Å². The van der Waals surface area contributed by atoms with Gasteiger partial charge in [-0.05, 0) is 19.1 Å². The van der Waals surface area contributed by atoms with Crippen LogP contribution in [0, 0.1) is 17.0 Å². The number of hydrazone groups is 1. The first-order valence-corrected chi connectivity index (χ1v) is 6.74. The molecule has 2 rings (SSSR count). The topological polar surface area (TPSA) is 118 Å². The quantitative estimate of drug-likeness (QED) is 0.489. The predicted molar refractivity (Wildman–Crippen MR) is 81.0 cm³/mol. The fourth-order valence-corrected chi connectivity index (χ4v) is 2.15. The van der Waals surface area contributed by atoms with Gasteiger partial charge in [-0.3, -0.25) is 14.9 Å². The Morgan fingerprint density at radius 2 is 2.27 bits per heavy atom. The van der Waals surface area contributed by atoms with Gasteiger partial charge in [0.15, 0.2) is 0 Å². The maximum absolute atomic E-state index is 11.8. The average molecular weight is 368 g/mol. The van der Waals surface area contributed by atoms with E-state index in [2.05, 4.69) is 26.5 Å². The number of nitrogens with zero attached hydrogens (tertiary/aromatic N) is 2. The third-order valence-electron chi connectivity index (χ3n) is 2.75. The highest BCUT2D eigenvalue weighted by Crippen LogP contribution is 2.32. The van der Waals surface area contributed by atoms with Crippen LogP contribution in [0.3, 0.4) is 0 Å². The van der Waals surface area contributed by atoms with E-state index in [1.165, 1.54) is 24.5 Å². The number of hydrogen-bond acceptors (Lipinski definition) is 6. The molecule has 1 aromatic carbocycles. The molecule has 0 saturated heterocycles. The number of nitro benzene ring substituents is 1. The number of nitro groups is 1. The van der Waals surface area contributed by atoms with Crippen molar-refractivity contribution in [1.29, 1.82) is 0 Å². The van der Waals surface area contributed by atoms with E-state index in [0.29, 0.717) is 15.8 Å². The van der Waals surface area contributed by atoms with Gasteiger partial charge in [-0.2, -0.15) is 5.10 Å². The summed E-state index contributed by atoms with van der Waals surface area (Å²) in [7, 11) is 0. The zero-order valence-corrected chi connectivity index (χ0v) is 12.8. The molecule has 0 saturated carbocycles. The van der Waals surface area contributed by atoms with Crippen LogP contribution >= 0.6 is 15.9 Å². The molecule has 2 N–H and O–H groups in total. The summed E-state index contributed by atoms with van der Waals surface area (Å²) in [5.41, 5.74) is 2.19. The van der Waals surface area contributed by atoms with Crippen LogP contribution in [0.15, 0.2) is 38.5 Å². The number of carbonyl (C=O) groups excluding carboxylic acids is 1. The van der Waals surface area contributed by atoms with E-state index in [1.807, 2.05) is 0 Å². The molecular weight excluding hydrogens is 358 g/mol. The summed E-state index contributed by atoms with van der Waals surface area (Å²) >= 11 is 3.10. The van der Waals surface area contributed by atoms with Gasteiger partial charge in [-0.1, -0.05) is 15.9 Å². The molecule has 2 aromatic rings. The van der Waals surface area contributed by atoms with Crippen LogP contribution in [0.1, 0.15) is 21.7 Å². The Hall–Kier alpha value is -2.68. The van der Waals surface area contributed by atoms with Crippen molar-refractivity contribution in [1.82, 2.24) is 5.43 Å². The Labute approximate surface area is 132 Å². The van der Waals surface area contributed by atoms with Gasteiger partial charge in [0.05, 0.1) is 23.0 Å². The van der Waals surface area contributed by atoms with Crippen LogP contribution in [0.2, 0.25) is 0 Å². The average Bonchev–Trinajstić information content (AvgIpc) is 2.88. The lowest BCUT2D eigenvalue weighted by Crippen LogP contribution is -2.17. The molecular formula is C13H10BrN3O5. The second kappa shape index (κ2) is 6.39. The van der Waals surface area contributed by atoms with Crippen molar-refractivity contribution in [3.63, 3.8) is 0 Å². The number of aromatic hydroxyl groups is 1. The lowest BCUT2D eigenvalue weighted by molar-refractivity contribution is -0.385. The van der Waals surface area contributed by atoms with Gasteiger partial charge >= 0.3 is 5.69 Å². The van der Waals surface area contributed by atoms with E-state index in [1.54, 1.807) is 6.92 Å². The van der Waals surface area contributed by atoms with Crippen LogP contribution in [-0.4, -0.2) is 22.2 Å². The summed E-state index contributed by atoms with van der Waals surface area (Å²) in [5.74, 6) is -0.592. The smallest absolute Gasteiger partial charge is 0.312 e. The van der Waals surface area contributed by atoms with Crippen LogP contribution in [0.4, 0.5) is 5.69 Å². The van der Waals surface area contributed by atoms with Crippen LogP contribution in [-0.2, 0) is 0 Å². The molecule has 0 aliphatic carbocycles. The van der Waals surface area contributed by atoms with Crippen molar-refractivity contribution in [2.45, 2.75) is 6.92 Å². The number of phenols is 1. The third-order valence-corrected chi connectivity index (χ3v) is 3.21. The molecule has 0 unspecified atom stereocenters. The number of amides is 1. The minimum absolute atomic E-state index is 0.0882. The van der Waals surface area contributed by atoms with Crippen molar-refractivity contribution >= 4 is 33.7 Å². The van der Waals surface area contributed by atoms with Crippen molar-refractivity contribution in [2.24, 2.45) is 5.10 Å². The predicted octanol–water partition coefficient (Wildman–Crippen LogP) is 2.73. The number of phenolic OH excluding ortho intramolecular Hbond substituents is 1. The number of aryl methyl sites for hydroxylation is 1. The molecule has 0 spiro atoms. The standard InChI is InChI=1S/C13H10BrN3O5/c1-7-10(2-3-22-7)13(19)16-15-6-8-4-9(14)5-11(12(8)18)17(20)21/h2-6,18H,1H3,(H,16,19)/b15-6-. The molecule has 0 aliphatic rings. The molecule has 0 radical (unpaired) electrons. The molecule has 0 atom stereocenters. The SMILES string of the molecule is Cc1occc1C(=O)N/N=C\c1cc(Br)cc([N+](=O)[O-])c1O. The van der Waals surface area contributed by atoms with E-state index >= 15 is 0 Å². The van der Waals surface area contributed by atoms with Gasteiger partial charge in [-0.15, -0.1) is 0 Å². The van der Waals surface area contributed by atoms with E-state index in [0.717, 1.165) is 6.21 Å². The molecule has 1 amide bonds. The molecule has 0 bridgehead atoms. The fraction of sp³-hybridized carbons (Fsp3) is 0.0769. The zero-order valence-electron chi connectivity index (χ0n) is 11.2. The molecule has 0 fully saturated rings. The maximum atomic E-state index is 11.8. The highest BCUT2D eigenvalue weighted by atomic mass is 79.9. The minimum atomic E-state index is -0.717. The van der Waals surface area contributed by atoms with E-state index in [-0.39, 0.29) is 5.56 Å². The van der Waals surface area contributed by atoms with Gasteiger partial charge in [0.1, 0.15) is 5.76 Å². The first-order valence-electron chi connectivity index (χ1n) is 5.94. The Bertz CT molecular complexity index is 769. The van der Waals surface area contributed by atoms with Gasteiger partial charge in [-0.25, -0.2) is 5.43 Å². The largest absolute Gasteiger partial charge is 0.502 e. The second-order valence-corrected chi connectivity index (χ2v) is 5.13. The monoisotopic (exact) mass is 367 g/mol. The lowest BCUT2D eigenvalue weighted by Gasteiger charge is -2.02. The first-order chi connectivity index (χ1) is 10.4. The number of carbonyl (C=O) groups is 1. The Kier molecular flexibility index (Phi) is 4.56. The first kappa shape index (κ1) is 15.7. The number of rotatable bonds is 4. The number of hydrogen-bond donors (Lipinski definition) is 2. The number of benzene rings is 1. The van der Waals surface area contributed by atoms with E-state index < -0.39 is 22.3 Å². The molecule has 22 heavy (non-hydrogen) atoms. The summed E-state index contributed by atoms with van der Waals surface area (Å²) in [5, 5.41) is 24.3. The van der Waals surface area contributed by atoms with E-state index in [4.69, 9.17) is 4.42 Å². The van der Waals surface area contributed by atoms with Crippen LogP contribution < -0.4 is 5.43 Å². The Morgan fingerprint density at radius 3 is 2.86 bits per heavy atom. The lowest BCUT2D eigenvalue weighted by atomic mass is 10.2. The van der Waals surface area contributed by atoms with E-state index in [9.17, 15) is 20.0 Å². The summed E-state index contributed by atoms with van der Waals surface area (Å²) in [6, 6.07) is 4.09. The van der Waals surface area contributed by atoms with Gasteiger partial charge in [0, 0.05) is 16.1 Å². The van der Waals surface area contributed by atoms with Crippen LogP contribution in [0.5, 0.6) is 5.75 Å². The molecule has 9 heteroatoms. The number of furan rings is 1. The highest BCUT2D eigenvalue weighted by molar-refractivity contribution is 9.10.